The molecule has 1 aliphatic carbocycles. The van der Waals surface area contributed by atoms with Crippen LogP contribution in [0.4, 0.5) is 0 Å². The topological polar surface area (TPSA) is 52.8 Å². The Balaban J connectivity index is 1.29. The van der Waals surface area contributed by atoms with Crippen LogP contribution in [0.2, 0.25) is 10.0 Å². The minimum absolute atomic E-state index is 0.0660. The van der Waals surface area contributed by atoms with Crippen molar-refractivity contribution in [2.75, 3.05) is 7.11 Å². The summed E-state index contributed by atoms with van der Waals surface area (Å²) >= 11 is 17.3. The van der Waals surface area contributed by atoms with E-state index in [4.69, 9.17) is 37.7 Å². The number of halogens is 3. The van der Waals surface area contributed by atoms with Crippen molar-refractivity contribution in [2.45, 2.75) is 25.5 Å². The minimum Gasteiger partial charge on any atom is -0.493 e. The van der Waals surface area contributed by atoms with E-state index in [1.54, 1.807) is 19.2 Å². The van der Waals surface area contributed by atoms with Crippen LogP contribution in [0.1, 0.15) is 40.3 Å². The van der Waals surface area contributed by atoms with Crippen LogP contribution >= 0.6 is 50.5 Å². The number of ether oxygens (including phenoxy) is 2. The maximum absolute atomic E-state index is 14.1. The van der Waals surface area contributed by atoms with Crippen molar-refractivity contribution in [1.82, 2.24) is 4.57 Å². The average molecular weight is 704 g/mol. The van der Waals surface area contributed by atoms with Gasteiger partial charge in [-0.2, -0.15) is 0 Å². The molecule has 1 atom stereocenters. The lowest BCUT2D eigenvalue weighted by Crippen LogP contribution is -2.38. The number of methoxy groups -OCH3 is 1. The smallest absolute Gasteiger partial charge is 0.271 e. The quantitative estimate of drug-likeness (QED) is 0.180. The third-order valence-corrected chi connectivity index (χ3v) is 10.0. The van der Waals surface area contributed by atoms with Gasteiger partial charge in [0.15, 0.2) is 16.3 Å². The fourth-order valence-corrected chi connectivity index (χ4v) is 7.53. The average Bonchev–Trinajstić information content (AvgIpc) is 3.34. The second-order valence-electron chi connectivity index (χ2n) is 10.6. The van der Waals surface area contributed by atoms with Gasteiger partial charge in [0.05, 0.1) is 23.4 Å². The number of allylic oxidation sites excluding steroid dienone is 1. The van der Waals surface area contributed by atoms with Crippen molar-refractivity contribution in [1.29, 1.82) is 0 Å². The van der Waals surface area contributed by atoms with Crippen LogP contribution in [-0.2, 0) is 13.0 Å². The summed E-state index contributed by atoms with van der Waals surface area (Å²) in [6.45, 7) is 0.258. The summed E-state index contributed by atoms with van der Waals surface area (Å²) in [7, 11) is 1.59. The van der Waals surface area contributed by atoms with E-state index in [0.717, 1.165) is 45.3 Å². The summed E-state index contributed by atoms with van der Waals surface area (Å²) in [4.78, 5) is 19.9. The first-order chi connectivity index (χ1) is 21.4. The van der Waals surface area contributed by atoms with E-state index in [0.29, 0.717) is 30.9 Å². The van der Waals surface area contributed by atoms with Crippen LogP contribution < -0.4 is 24.4 Å². The van der Waals surface area contributed by atoms with Crippen molar-refractivity contribution in [3.8, 4) is 11.5 Å². The molecule has 9 heteroatoms. The predicted molar refractivity (Wildman–Crippen MR) is 181 cm³/mol. The third-order valence-electron chi connectivity index (χ3n) is 7.94. The Kier molecular flexibility index (Phi) is 7.97. The van der Waals surface area contributed by atoms with E-state index >= 15 is 0 Å². The molecule has 0 amide bonds. The largest absolute Gasteiger partial charge is 0.493 e. The normalized spacial score (nSPS) is 15.7. The van der Waals surface area contributed by atoms with E-state index in [-0.39, 0.29) is 18.2 Å². The molecular formula is C35H25BrCl2N2O3S. The molecule has 0 spiro atoms. The highest BCUT2D eigenvalue weighted by Gasteiger charge is 2.32. The van der Waals surface area contributed by atoms with Crippen LogP contribution in [0.15, 0.2) is 105 Å². The van der Waals surface area contributed by atoms with Crippen molar-refractivity contribution in [2.24, 2.45) is 4.99 Å². The fraction of sp³-hybridized carbons (Fsp3) is 0.143. The molecule has 5 aromatic rings. The SMILES string of the molecule is COc1cc(/C=c2\sc3n(c2=O)[C@H](c2ccc(Br)cc2)C2=C(N=3)c3ccccc3CC2)ccc1OCc1ccc(Cl)cc1Cl. The minimum atomic E-state index is -0.227. The highest BCUT2D eigenvalue weighted by molar-refractivity contribution is 9.10. The highest BCUT2D eigenvalue weighted by atomic mass is 79.9. The zero-order chi connectivity index (χ0) is 30.4. The van der Waals surface area contributed by atoms with Gasteiger partial charge in [-0.25, -0.2) is 4.99 Å². The Labute approximate surface area is 276 Å². The Morgan fingerprint density at radius 3 is 2.61 bits per heavy atom. The van der Waals surface area contributed by atoms with Crippen LogP contribution in [0.5, 0.6) is 11.5 Å². The molecule has 2 aliphatic rings. The van der Waals surface area contributed by atoms with E-state index in [9.17, 15) is 4.79 Å². The number of aromatic nitrogens is 1. The van der Waals surface area contributed by atoms with E-state index < -0.39 is 0 Å². The molecule has 0 N–H and O–H groups in total. The molecular weight excluding hydrogens is 679 g/mol. The number of thiazole rings is 1. The van der Waals surface area contributed by atoms with Gasteiger partial charge in [-0.15, -0.1) is 0 Å². The van der Waals surface area contributed by atoms with Crippen molar-refractivity contribution in [3.63, 3.8) is 0 Å². The first-order valence-corrected chi connectivity index (χ1v) is 16.4. The number of aryl methyl sites for hydroxylation is 1. The van der Waals surface area contributed by atoms with Crippen molar-refractivity contribution in [3.05, 3.63) is 153 Å². The number of benzene rings is 4. The Morgan fingerprint density at radius 1 is 1.00 bits per heavy atom. The molecule has 0 radical (unpaired) electrons. The monoisotopic (exact) mass is 702 g/mol. The van der Waals surface area contributed by atoms with Crippen LogP contribution in [0.3, 0.4) is 0 Å². The van der Waals surface area contributed by atoms with Crippen molar-refractivity contribution < 1.29 is 9.47 Å². The summed E-state index contributed by atoms with van der Waals surface area (Å²) in [6, 6.07) is 27.4. The first-order valence-electron chi connectivity index (χ1n) is 14.0. The molecule has 0 saturated carbocycles. The lowest BCUT2D eigenvalue weighted by Gasteiger charge is -2.30. The van der Waals surface area contributed by atoms with Gasteiger partial charge in [0, 0.05) is 25.6 Å². The van der Waals surface area contributed by atoms with Gasteiger partial charge in [-0.3, -0.25) is 9.36 Å². The molecule has 0 fully saturated rings. The number of fused-ring (bicyclic) bond motifs is 3. The van der Waals surface area contributed by atoms with Gasteiger partial charge in [0.2, 0.25) is 0 Å². The van der Waals surface area contributed by atoms with Gasteiger partial charge in [-0.05, 0) is 77.6 Å². The number of hydrogen-bond acceptors (Lipinski definition) is 5. The maximum atomic E-state index is 14.1. The predicted octanol–water partition coefficient (Wildman–Crippen LogP) is 7.98. The summed E-state index contributed by atoms with van der Waals surface area (Å²) in [5.74, 6) is 1.12. The highest BCUT2D eigenvalue weighted by Crippen LogP contribution is 2.41. The zero-order valence-electron chi connectivity index (χ0n) is 23.5. The molecule has 1 aliphatic heterocycles. The Hall–Kier alpha value is -3.62. The van der Waals surface area contributed by atoms with Crippen molar-refractivity contribution >= 4 is 62.2 Å². The second kappa shape index (κ2) is 12.1. The molecule has 0 unspecified atom stereocenters. The summed E-state index contributed by atoms with van der Waals surface area (Å²) in [5, 5.41) is 1.11. The molecule has 0 bridgehead atoms. The zero-order valence-corrected chi connectivity index (χ0v) is 27.4. The molecule has 2 heterocycles. The summed E-state index contributed by atoms with van der Waals surface area (Å²) < 4.78 is 15.1. The summed E-state index contributed by atoms with van der Waals surface area (Å²) in [5.41, 5.74) is 7.22. The first kappa shape index (κ1) is 29.1. The number of nitrogens with zero attached hydrogens (tertiary/aromatic N) is 2. The maximum Gasteiger partial charge on any atom is 0.271 e. The molecule has 1 aromatic heterocycles. The Morgan fingerprint density at radius 2 is 1.82 bits per heavy atom. The van der Waals surface area contributed by atoms with E-state index in [1.807, 2.05) is 47.0 Å². The van der Waals surface area contributed by atoms with Gasteiger partial charge in [0.1, 0.15) is 6.61 Å². The summed E-state index contributed by atoms with van der Waals surface area (Å²) in [6.07, 6.45) is 3.65. The van der Waals surface area contributed by atoms with Crippen LogP contribution in [0, 0.1) is 0 Å². The standard InChI is InChI=1S/C35H25BrCl2N2O3S/c1-42-30-16-20(6-15-29(30)43-19-23-9-13-25(37)18-28(23)38)17-31-34(41)40-33(22-7-11-24(36)12-8-22)27-14-10-21-4-2-3-5-26(21)32(27)39-35(40)44-31/h2-9,11-13,15-18,33H,10,14,19H2,1H3/b31-17-/t33-/m1/s1. The third kappa shape index (κ3) is 5.43. The molecule has 0 saturated heterocycles. The lowest BCUT2D eigenvalue weighted by atomic mass is 9.83. The van der Waals surface area contributed by atoms with E-state index in [1.165, 1.54) is 22.5 Å². The van der Waals surface area contributed by atoms with Gasteiger partial charge >= 0.3 is 0 Å². The fourth-order valence-electron chi connectivity index (χ4n) is 5.81. The molecule has 5 nitrogen and oxygen atoms in total. The molecule has 220 valence electrons. The van der Waals surface area contributed by atoms with E-state index in [2.05, 4.69) is 52.3 Å². The van der Waals surface area contributed by atoms with Gasteiger partial charge < -0.3 is 9.47 Å². The van der Waals surface area contributed by atoms with Gasteiger partial charge in [0.25, 0.3) is 5.56 Å². The number of hydrogen-bond donors (Lipinski definition) is 0. The second-order valence-corrected chi connectivity index (χ2v) is 13.4. The van der Waals surface area contributed by atoms with Crippen LogP contribution in [0.25, 0.3) is 11.8 Å². The molecule has 4 aromatic carbocycles. The van der Waals surface area contributed by atoms with Crippen LogP contribution in [-0.4, -0.2) is 11.7 Å². The number of rotatable bonds is 6. The lowest BCUT2D eigenvalue weighted by molar-refractivity contribution is 0.284. The van der Waals surface area contributed by atoms with Gasteiger partial charge in [-0.1, -0.05) is 99.0 Å². The molecule has 7 rings (SSSR count). The Bertz CT molecular complexity index is 2140. The molecule has 44 heavy (non-hydrogen) atoms.